The van der Waals surface area contributed by atoms with Gasteiger partial charge in [-0.2, -0.15) is 0 Å². The van der Waals surface area contributed by atoms with Crippen LogP contribution in [0.1, 0.15) is 11.1 Å². The second-order valence-corrected chi connectivity index (χ2v) is 6.79. The second kappa shape index (κ2) is 7.27. The topological polar surface area (TPSA) is 30.5 Å². The Kier molecular flexibility index (Phi) is 4.69. The van der Waals surface area contributed by atoms with Gasteiger partial charge in [0.1, 0.15) is 12.3 Å². The summed E-state index contributed by atoms with van der Waals surface area (Å²) >= 11 is 11.1. The molecule has 2 atom stereocenters. The Labute approximate surface area is 163 Å². The van der Waals surface area contributed by atoms with Gasteiger partial charge >= 0.3 is 0 Å². The van der Waals surface area contributed by atoms with Crippen molar-refractivity contribution in [1.82, 2.24) is 20.7 Å². The second-order valence-electron chi connectivity index (χ2n) is 6.02. The first-order valence-electron chi connectivity index (χ1n) is 8.38. The number of hydrogen-bond donors (Lipinski definition) is 2. The Morgan fingerprint density at radius 3 is 1.42 bits per heavy atom. The molecule has 2 heterocycles. The minimum absolute atomic E-state index is 0.0992. The molecule has 26 heavy (non-hydrogen) atoms. The van der Waals surface area contributed by atoms with Crippen LogP contribution in [0.5, 0.6) is 0 Å². The molecular formula is C20H18N4S2. The number of nitrogens with one attached hydrogen (secondary N) is 2. The Balaban J connectivity index is 1.52. The SMILES string of the molecule is S=C1NC(/C=C/c2ccccc2)N2C(=S)NC(/C=C\c3ccccc3)N12. The van der Waals surface area contributed by atoms with E-state index in [0.29, 0.717) is 10.2 Å². The molecule has 2 aliphatic heterocycles. The van der Waals surface area contributed by atoms with Crippen LogP contribution in [0, 0.1) is 0 Å². The monoisotopic (exact) mass is 378 g/mol. The molecule has 0 aromatic heterocycles. The lowest BCUT2D eigenvalue weighted by atomic mass is 10.2. The number of hydrogen-bond acceptors (Lipinski definition) is 2. The minimum Gasteiger partial charge on any atom is -0.336 e. The molecule has 0 spiro atoms. The van der Waals surface area contributed by atoms with E-state index in [1.807, 2.05) is 46.4 Å². The Morgan fingerprint density at radius 1 is 0.654 bits per heavy atom. The van der Waals surface area contributed by atoms with Crippen LogP contribution in [-0.2, 0) is 0 Å². The van der Waals surface area contributed by atoms with Crippen LogP contribution in [0.3, 0.4) is 0 Å². The first-order chi connectivity index (χ1) is 12.7. The van der Waals surface area contributed by atoms with E-state index in [1.165, 1.54) is 0 Å². The normalized spacial score (nSPS) is 22.2. The largest absolute Gasteiger partial charge is 0.336 e. The molecule has 2 aromatic carbocycles. The number of thiocarbonyl (C=S) groups is 2. The molecule has 6 heteroatoms. The van der Waals surface area contributed by atoms with Gasteiger partial charge in [0.15, 0.2) is 10.2 Å². The maximum Gasteiger partial charge on any atom is 0.192 e. The highest BCUT2D eigenvalue weighted by Gasteiger charge is 2.44. The third kappa shape index (κ3) is 3.34. The van der Waals surface area contributed by atoms with Crippen molar-refractivity contribution in [3.63, 3.8) is 0 Å². The van der Waals surface area contributed by atoms with E-state index in [9.17, 15) is 0 Å². The summed E-state index contributed by atoms with van der Waals surface area (Å²) in [6, 6.07) is 20.3. The van der Waals surface area contributed by atoms with Gasteiger partial charge in [-0.3, -0.25) is 0 Å². The smallest absolute Gasteiger partial charge is 0.192 e. The number of fused-ring (bicyclic) bond motifs is 1. The molecular weight excluding hydrogens is 360 g/mol. The molecule has 4 nitrogen and oxygen atoms in total. The standard InChI is InChI=1S/C20H18N4S2/c25-19-21-17(13-11-15-7-3-1-4-8-15)23-20(26)22-18(24(19)23)14-12-16-9-5-2-6-10-16/h1-14,17-18H,(H,21,25)(H,22,26)/b13-11-,14-12+. The quantitative estimate of drug-likeness (QED) is 0.794. The van der Waals surface area contributed by atoms with Gasteiger partial charge in [0.2, 0.25) is 0 Å². The number of hydrazine groups is 1. The van der Waals surface area contributed by atoms with Crippen molar-refractivity contribution in [2.45, 2.75) is 12.3 Å². The van der Waals surface area contributed by atoms with Crippen LogP contribution in [0.25, 0.3) is 12.2 Å². The summed E-state index contributed by atoms with van der Waals surface area (Å²) < 4.78 is 0. The summed E-state index contributed by atoms with van der Waals surface area (Å²) in [5.41, 5.74) is 2.27. The predicted octanol–water partition coefficient (Wildman–Crippen LogP) is 3.36. The fourth-order valence-electron chi connectivity index (χ4n) is 3.02. The summed E-state index contributed by atoms with van der Waals surface area (Å²) in [6.07, 6.45) is 8.08. The molecule has 2 aliphatic rings. The van der Waals surface area contributed by atoms with Gasteiger partial charge in [-0.05, 0) is 47.7 Å². The van der Waals surface area contributed by atoms with Gasteiger partial charge < -0.3 is 10.6 Å². The van der Waals surface area contributed by atoms with E-state index < -0.39 is 0 Å². The van der Waals surface area contributed by atoms with Gasteiger partial charge in [-0.1, -0.05) is 72.8 Å². The van der Waals surface area contributed by atoms with Crippen LogP contribution >= 0.6 is 24.4 Å². The van der Waals surface area contributed by atoms with E-state index in [1.54, 1.807) is 0 Å². The van der Waals surface area contributed by atoms with Gasteiger partial charge in [-0.15, -0.1) is 0 Å². The first kappa shape index (κ1) is 16.8. The summed E-state index contributed by atoms with van der Waals surface area (Å²) in [6.45, 7) is 0. The van der Waals surface area contributed by atoms with E-state index >= 15 is 0 Å². The summed E-state index contributed by atoms with van der Waals surface area (Å²) in [5.74, 6) is 0. The molecule has 0 amide bonds. The van der Waals surface area contributed by atoms with Crippen molar-refractivity contribution in [2.24, 2.45) is 0 Å². The number of nitrogens with zero attached hydrogens (tertiary/aromatic N) is 2. The fraction of sp³-hybridized carbons (Fsp3) is 0.100. The Morgan fingerprint density at radius 2 is 1.04 bits per heavy atom. The summed E-state index contributed by atoms with van der Waals surface area (Å²) in [7, 11) is 0. The molecule has 0 bridgehead atoms. The van der Waals surface area contributed by atoms with Crippen molar-refractivity contribution in [2.75, 3.05) is 0 Å². The van der Waals surface area contributed by atoms with Gasteiger partial charge in [-0.25, -0.2) is 10.0 Å². The van der Waals surface area contributed by atoms with E-state index in [0.717, 1.165) is 11.1 Å². The van der Waals surface area contributed by atoms with E-state index in [-0.39, 0.29) is 12.3 Å². The lowest BCUT2D eigenvalue weighted by Crippen LogP contribution is -2.40. The molecule has 4 rings (SSSR count). The highest BCUT2D eigenvalue weighted by atomic mass is 32.1. The highest BCUT2D eigenvalue weighted by Crippen LogP contribution is 2.23. The molecule has 130 valence electrons. The van der Waals surface area contributed by atoms with Crippen LogP contribution in [0.15, 0.2) is 72.8 Å². The molecule has 0 aliphatic carbocycles. The molecule has 2 fully saturated rings. The minimum atomic E-state index is -0.0992. The zero-order valence-corrected chi connectivity index (χ0v) is 15.6. The third-order valence-corrected chi connectivity index (χ3v) is 4.87. The predicted molar refractivity (Wildman–Crippen MR) is 114 cm³/mol. The fourth-order valence-corrected chi connectivity index (χ4v) is 3.66. The molecule has 2 unspecified atom stereocenters. The van der Waals surface area contributed by atoms with Crippen molar-refractivity contribution in [3.05, 3.63) is 83.9 Å². The highest BCUT2D eigenvalue weighted by molar-refractivity contribution is 7.80. The van der Waals surface area contributed by atoms with Gasteiger partial charge in [0.05, 0.1) is 0 Å². The lowest BCUT2D eigenvalue weighted by molar-refractivity contribution is 0.152. The Bertz CT molecular complexity index is 790. The average molecular weight is 379 g/mol. The zero-order chi connectivity index (χ0) is 17.9. The zero-order valence-electron chi connectivity index (χ0n) is 13.9. The molecule has 2 aromatic rings. The van der Waals surface area contributed by atoms with Gasteiger partial charge in [0.25, 0.3) is 0 Å². The summed E-state index contributed by atoms with van der Waals surface area (Å²) in [4.78, 5) is 0. The number of benzene rings is 2. The lowest BCUT2D eigenvalue weighted by Gasteiger charge is -2.23. The average Bonchev–Trinajstić information content (AvgIpc) is 3.18. The van der Waals surface area contributed by atoms with Crippen molar-refractivity contribution >= 4 is 46.8 Å². The van der Waals surface area contributed by atoms with Crippen LogP contribution in [0.2, 0.25) is 0 Å². The molecule has 2 N–H and O–H groups in total. The van der Waals surface area contributed by atoms with Crippen molar-refractivity contribution in [1.29, 1.82) is 0 Å². The van der Waals surface area contributed by atoms with Crippen molar-refractivity contribution in [3.8, 4) is 0 Å². The first-order valence-corrected chi connectivity index (χ1v) is 9.20. The maximum atomic E-state index is 5.53. The van der Waals surface area contributed by atoms with Gasteiger partial charge in [0, 0.05) is 0 Å². The molecule has 0 radical (unpaired) electrons. The molecule has 2 saturated heterocycles. The summed E-state index contributed by atoms with van der Waals surface area (Å²) in [5, 5.41) is 11.9. The van der Waals surface area contributed by atoms with Crippen LogP contribution in [0.4, 0.5) is 0 Å². The van der Waals surface area contributed by atoms with Crippen LogP contribution < -0.4 is 10.6 Å². The third-order valence-electron chi connectivity index (χ3n) is 4.26. The number of rotatable bonds is 4. The van der Waals surface area contributed by atoms with Crippen molar-refractivity contribution < 1.29 is 0 Å². The maximum absolute atomic E-state index is 5.53. The molecule has 0 saturated carbocycles. The van der Waals surface area contributed by atoms with Crippen LogP contribution in [-0.4, -0.2) is 32.6 Å². The van der Waals surface area contributed by atoms with E-state index in [4.69, 9.17) is 24.4 Å². The van der Waals surface area contributed by atoms with E-state index in [2.05, 4.69) is 59.2 Å². The Hall–Kier alpha value is -2.70.